The van der Waals surface area contributed by atoms with Crippen molar-refractivity contribution in [3.8, 4) is 22.8 Å². The van der Waals surface area contributed by atoms with E-state index in [9.17, 15) is 4.79 Å². The van der Waals surface area contributed by atoms with Gasteiger partial charge in [-0.25, -0.2) is 4.79 Å². The molecule has 9 nitrogen and oxygen atoms in total. The first-order chi connectivity index (χ1) is 13.2. The van der Waals surface area contributed by atoms with E-state index in [0.29, 0.717) is 43.5 Å². The van der Waals surface area contributed by atoms with Gasteiger partial charge in [0.2, 0.25) is 0 Å². The van der Waals surface area contributed by atoms with Crippen molar-refractivity contribution in [2.75, 3.05) is 32.5 Å². The summed E-state index contributed by atoms with van der Waals surface area (Å²) in [6, 6.07) is 1.74. The highest BCUT2D eigenvalue weighted by molar-refractivity contribution is 5.76. The molecule has 3 N–H and O–H groups in total. The Morgan fingerprint density at radius 2 is 2.21 bits per heavy atom. The third kappa shape index (κ3) is 4.65. The summed E-state index contributed by atoms with van der Waals surface area (Å²) >= 11 is 0. The van der Waals surface area contributed by atoms with Crippen LogP contribution in [0.5, 0.6) is 11.5 Å². The van der Waals surface area contributed by atoms with Crippen LogP contribution in [0.2, 0.25) is 0 Å². The summed E-state index contributed by atoms with van der Waals surface area (Å²) in [6.07, 6.45) is 2.73. The Labute approximate surface area is 164 Å². The molecule has 0 saturated heterocycles. The van der Waals surface area contributed by atoms with E-state index in [4.69, 9.17) is 19.9 Å². The molecule has 152 valence electrons. The molecule has 28 heavy (non-hydrogen) atoms. The second-order valence-electron chi connectivity index (χ2n) is 7.68. The Bertz CT molecular complexity index is 843. The summed E-state index contributed by atoms with van der Waals surface area (Å²) < 4.78 is 17.0. The third-order valence-corrected chi connectivity index (χ3v) is 4.13. The van der Waals surface area contributed by atoms with Crippen LogP contribution < -0.4 is 15.2 Å². The zero-order chi connectivity index (χ0) is 20.3. The van der Waals surface area contributed by atoms with Crippen LogP contribution in [0.25, 0.3) is 11.3 Å². The van der Waals surface area contributed by atoms with Crippen LogP contribution in [0.4, 0.5) is 10.6 Å². The van der Waals surface area contributed by atoms with Crippen LogP contribution in [0, 0.1) is 0 Å². The zero-order valence-corrected chi connectivity index (χ0v) is 16.7. The maximum atomic E-state index is 12.0. The molecule has 0 spiro atoms. The fourth-order valence-corrected chi connectivity index (χ4v) is 2.84. The van der Waals surface area contributed by atoms with Gasteiger partial charge >= 0.3 is 6.09 Å². The summed E-state index contributed by atoms with van der Waals surface area (Å²) in [6.45, 7) is 7.03. The Morgan fingerprint density at radius 3 is 2.89 bits per heavy atom. The predicted molar refractivity (Wildman–Crippen MR) is 104 cm³/mol. The van der Waals surface area contributed by atoms with Gasteiger partial charge in [0.25, 0.3) is 0 Å². The van der Waals surface area contributed by atoms with Crippen LogP contribution in [-0.4, -0.2) is 58.6 Å². The van der Waals surface area contributed by atoms with Gasteiger partial charge in [-0.15, -0.1) is 0 Å². The third-order valence-electron chi connectivity index (χ3n) is 4.13. The lowest BCUT2D eigenvalue weighted by atomic mass is 10.1. The highest BCUT2D eigenvalue weighted by Crippen LogP contribution is 2.41. The second kappa shape index (κ2) is 7.95. The number of hydrogen-bond acceptors (Lipinski definition) is 7. The second-order valence-corrected chi connectivity index (χ2v) is 7.68. The average molecular weight is 389 g/mol. The lowest BCUT2D eigenvalue weighted by Crippen LogP contribution is -2.35. The van der Waals surface area contributed by atoms with E-state index in [1.165, 1.54) is 4.90 Å². The molecule has 0 atom stereocenters. The van der Waals surface area contributed by atoms with E-state index in [-0.39, 0.29) is 6.09 Å². The lowest BCUT2D eigenvalue weighted by Gasteiger charge is -2.24. The first kappa shape index (κ1) is 19.8. The van der Waals surface area contributed by atoms with Crippen molar-refractivity contribution in [1.29, 1.82) is 0 Å². The van der Waals surface area contributed by atoms with Gasteiger partial charge in [-0.05, 0) is 27.2 Å². The lowest BCUT2D eigenvalue weighted by molar-refractivity contribution is 0.0292. The molecule has 1 aliphatic rings. The van der Waals surface area contributed by atoms with Crippen molar-refractivity contribution in [2.45, 2.75) is 39.2 Å². The summed E-state index contributed by atoms with van der Waals surface area (Å²) in [5.41, 5.74) is 7.61. The highest BCUT2D eigenvalue weighted by Gasteiger charge is 2.24. The van der Waals surface area contributed by atoms with Crippen molar-refractivity contribution in [3.63, 3.8) is 0 Å². The summed E-state index contributed by atoms with van der Waals surface area (Å²) in [4.78, 5) is 18.0. The van der Waals surface area contributed by atoms with Gasteiger partial charge in [-0.3, -0.25) is 10.1 Å². The van der Waals surface area contributed by atoms with Crippen LogP contribution >= 0.6 is 0 Å². The number of nitrogens with zero attached hydrogens (tertiary/aromatic N) is 3. The number of ether oxygens (including phenoxy) is 3. The number of carbonyl (C=O) groups is 1. The highest BCUT2D eigenvalue weighted by atomic mass is 16.6. The maximum absolute atomic E-state index is 12.0. The van der Waals surface area contributed by atoms with E-state index in [1.807, 2.05) is 20.8 Å². The molecule has 0 fully saturated rings. The molecule has 0 unspecified atom stereocenters. The molecule has 0 saturated carbocycles. The number of pyridine rings is 1. The van der Waals surface area contributed by atoms with Gasteiger partial charge in [-0.1, -0.05) is 0 Å². The Hall–Kier alpha value is -2.97. The quantitative estimate of drug-likeness (QED) is 0.730. The van der Waals surface area contributed by atoms with Gasteiger partial charge in [0.15, 0.2) is 11.5 Å². The number of hydrogen-bond donors (Lipinski definition) is 2. The first-order valence-corrected chi connectivity index (χ1v) is 9.27. The number of amides is 1. The maximum Gasteiger partial charge on any atom is 0.410 e. The van der Waals surface area contributed by atoms with Crippen molar-refractivity contribution < 1.29 is 19.0 Å². The number of aromatic nitrogens is 3. The number of aromatic amines is 1. The zero-order valence-electron chi connectivity index (χ0n) is 16.7. The average Bonchev–Trinajstić information content (AvgIpc) is 3.25. The number of nitrogens with two attached hydrogens (primary N) is 1. The number of H-pyrrole nitrogens is 1. The van der Waals surface area contributed by atoms with Crippen LogP contribution in [0.3, 0.4) is 0 Å². The van der Waals surface area contributed by atoms with Crippen LogP contribution in [-0.2, 0) is 11.2 Å². The largest absolute Gasteiger partial charge is 0.491 e. The Balaban J connectivity index is 1.63. The molecular formula is C19H27N5O4. The van der Waals surface area contributed by atoms with Crippen molar-refractivity contribution in [1.82, 2.24) is 20.1 Å². The minimum Gasteiger partial charge on any atom is -0.491 e. The minimum atomic E-state index is -0.515. The van der Waals surface area contributed by atoms with E-state index in [1.54, 1.807) is 19.3 Å². The molecule has 3 rings (SSSR count). The molecule has 0 bridgehead atoms. The summed E-state index contributed by atoms with van der Waals surface area (Å²) in [5, 5.41) is 6.90. The Morgan fingerprint density at radius 1 is 1.43 bits per heavy atom. The van der Waals surface area contributed by atoms with Crippen molar-refractivity contribution in [2.24, 2.45) is 0 Å². The SMILES string of the molecule is CN(CCCOc1cnc2c(c1-c1cc(N)n[nH]1)OCC2)C(=O)OC(C)(C)C. The van der Waals surface area contributed by atoms with Crippen LogP contribution in [0.15, 0.2) is 12.3 Å². The standard InChI is InChI=1S/C19H27N5O4/c1-19(2,3)28-18(25)24(4)7-5-8-26-14-11-21-12-6-9-27-17(12)16(14)13-10-15(20)23-22-13/h10-11H,5-9H2,1-4H3,(H3,20,22,23). The normalized spacial score (nSPS) is 13.0. The topological polar surface area (TPSA) is 116 Å². The number of nitrogens with one attached hydrogen (secondary N) is 1. The van der Waals surface area contributed by atoms with E-state index >= 15 is 0 Å². The molecule has 3 heterocycles. The predicted octanol–water partition coefficient (Wildman–Crippen LogP) is 2.62. The molecule has 2 aromatic rings. The number of carbonyl (C=O) groups excluding carboxylic acids is 1. The number of anilines is 1. The fourth-order valence-electron chi connectivity index (χ4n) is 2.84. The molecular weight excluding hydrogens is 362 g/mol. The number of fused-ring (bicyclic) bond motifs is 1. The van der Waals surface area contributed by atoms with Gasteiger partial charge < -0.3 is 24.8 Å². The van der Waals surface area contributed by atoms with Gasteiger partial charge in [-0.2, -0.15) is 5.10 Å². The molecule has 0 aliphatic carbocycles. The van der Waals surface area contributed by atoms with Gasteiger partial charge in [0, 0.05) is 26.1 Å². The Kier molecular flexibility index (Phi) is 5.62. The smallest absolute Gasteiger partial charge is 0.410 e. The first-order valence-electron chi connectivity index (χ1n) is 9.27. The van der Waals surface area contributed by atoms with Crippen molar-refractivity contribution in [3.05, 3.63) is 18.0 Å². The molecule has 0 aromatic carbocycles. The molecule has 2 aromatic heterocycles. The van der Waals surface area contributed by atoms with E-state index < -0.39 is 5.60 Å². The molecule has 1 amide bonds. The number of rotatable bonds is 6. The molecule has 0 radical (unpaired) electrons. The molecule has 9 heteroatoms. The van der Waals surface area contributed by atoms with Crippen LogP contribution in [0.1, 0.15) is 32.9 Å². The van der Waals surface area contributed by atoms with Gasteiger partial charge in [0.05, 0.1) is 36.4 Å². The summed E-state index contributed by atoms with van der Waals surface area (Å²) in [7, 11) is 1.71. The van der Waals surface area contributed by atoms with Gasteiger partial charge in [0.1, 0.15) is 11.4 Å². The fraction of sp³-hybridized carbons (Fsp3) is 0.526. The van der Waals surface area contributed by atoms with E-state index in [2.05, 4.69) is 15.2 Å². The van der Waals surface area contributed by atoms with Crippen molar-refractivity contribution >= 4 is 11.9 Å². The van der Waals surface area contributed by atoms with E-state index in [0.717, 1.165) is 23.4 Å². The monoisotopic (exact) mass is 389 g/mol. The molecule has 1 aliphatic heterocycles. The summed E-state index contributed by atoms with van der Waals surface area (Å²) in [5.74, 6) is 1.68. The number of nitrogen functional groups attached to an aromatic ring is 1. The minimum absolute atomic E-state index is 0.353.